The molecule has 2 fully saturated rings. The summed E-state index contributed by atoms with van der Waals surface area (Å²) in [5.41, 5.74) is 0.687. The van der Waals surface area contributed by atoms with E-state index in [0.29, 0.717) is 34.8 Å². The van der Waals surface area contributed by atoms with Gasteiger partial charge in [-0.05, 0) is 35.9 Å². The zero-order valence-corrected chi connectivity index (χ0v) is 25.8. The minimum absolute atomic E-state index is 0.0593. The number of hydrogen-bond donors (Lipinski definition) is 3. The van der Waals surface area contributed by atoms with Crippen molar-refractivity contribution in [2.45, 2.75) is 36.4 Å². The van der Waals surface area contributed by atoms with Crippen molar-refractivity contribution < 1.29 is 38.4 Å². The van der Waals surface area contributed by atoms with Gasteiger partial charge < -0.3 is 34.3 Å². The molecule has 1 aromatic heterocycles. The van der Waals surface area contributed by atoms with Crippen molar-refractivity contribution in [2.75, 3.05) is 31.8 Å². The molecule has 244 valence electrons. The van der Waals surface area contributed by atoms with Crippen LogP contribution in [0.5, 0.6) is 5.75 Å². The van der Waals surface area contributed by atoms with E-state index in [0.717, 1.165) is 5.56 Å². The monoisotopic (exact) mass is 649 g/mol. The standard InChI is InChI=1S/C35H31N5O8/c1-40-25-16-22(14-15-35(44)20-47-29-27(19-46-30(29)35)48-34(43)23-10-6-3-7-11-23)12-13-26(25)45-18-24(33(40)42)36-32(41)31-37-28(38-39-31)17-21-8-4-2-5-9-21/h2-13,16,24,27,29-30,44H,17-20H2,1H3,(H,36,41)(H,37,38,39)/t24?,27-,29+,30-,35+/m0/s1. The highest BCUT2D eigenvalue weighted by Gasteiger charge is 2.57. The summed E-state index contributed by atoms with van der Waals surface area (Å²) < 4.78 is 23.1. The zero-order chi connectivity index (χ0) is 33.3. The number of fused-ring (bicyclic) bond motifs is 2. The van der Waals surface area contributed by atoms with Gasteiger partial charge in [-0.3, -0.25) is 14.7 Å². The van der Waals surface area contributed by atoms with Gasteiger partial charge in [0.1, 0.15) is 36.4 Å². The summed E-state index contributed by atoms with van der Waals surface area (Å²) in [5.74, 6) is 5.15. The maximum Gasteiger partial charge on any atom is 0.338 e. The van der Waals surface area contributed by atoms with Crippen LogP contribution < -0.4 is 15.0 Å². The van der Waals surface area contributed by atoms with Crippen LogP contribution in [0.3, 0.4) is 0 Å². The third-order valence-electron chi connectivity index (χ3n) is 8.37. The largest absolute Gasteiger partial charge is 0.489 e. The van der Waals surface area contributed by atoms with Crippen molar-refractivity contribution >= 4 is 23.5 Å². The van der Waals surface area contributed by atoms with E-state index in [-0.39, 0.29) is 25.6 Å². The molecular formula is C35H31N5O8. The molecule has 2 amide bonds. The van der Waals surface area contributed by atoms with Gasteiger partial charge in [-0.2, -0.15) is 0 Å². The number of rotatable bonds is 6. The van der Waals surface area contributed by atoms with E-state index in [9.17, 15) is 19.5 Å². The summed E-state index contributed by atoms with van der Waals surface area (Å²) in [4.78, 5) is 44.6. The van der Waals surface area contributed by atoms with Gasteiger partial charge in [-0.25, -0.2) is 9.78 Å². The molecule has 3 N–H and O–H groups in total. The Labute approximate surface area is 275 Å². The van der Waals surface area contributed by atoms with Gasteiger partial charge in [-0.15, -0.1) is 5.10 Å². The van der Waals surface area contributed by atoms with Crippen LogP contribution in [0, 0.1) is 11.8 Å². The number of benzene rings is 3. The van der Waals surface area contributed by atoms with Gasteiger partial charge in [0, 0.05) is 19.0 Å². The third kappa shape index (κ3) is 6.24. The van der Waals surface area contributed by atoms with Crippen molar-refractivity contribution in [1.82, 2.24) is 20.5 Å². The number of aromatic amines is 1. The smallest absolute Gasteiger partial charge is 0.338 e. The molecule has 5 atom stereocenters. The fourth-order valence-corrected chi connectivity index (χ4v) is 5.83. The van der Waals surface area contributed by atoms with Crippen LogP contribution in [-0.4, -0.2) is 94.9 Å². The summed E-state index contributed by atoms with van der Waals surface area (Å²) in [5, 5.41) is 20.8. The van der Waals surface area contributed by atoms with Crippen molar-refractivity contribution in [3.05, 3.63) is 107 Å². The zero-order valence-electron chi connectivity index (χ0n) is 25.8. The number of nitrogens with zero attached hydrogens (tertiary/aromatic N) is 3. The number of carbonyl (C=O) groups is 3. The lowest BCUT2D eigenvalue weighted by Gasteiger charge is -2.21. The first-order valence-electron chi connectivity index (χ1n) is 15.3. The Morgan fingerprint density at radius 3 is 2.65 bits per heavy atom. The number of ether oxygens (including phenoxy) is 4. The lowest BCUT2D eigenvalue weighted by Crippen LogP contribution is -2.49. The quantitative estimate of drug-likeness (QED) is 0.207. The molecule has 0 aliphatic carbocycles. The number of nitrogens with one attached hydrogen (secondary N) is 2. The van der Waals surface area contributed by atoms with Crippen molar-refractivity contribution in [2.24, 2.45) is 0 Å². The average molecular weight is 650 g/mol. The minimum atomic E-state index is -1.65. The van der Waals surface area contributed by atoms with Crippen molar-refractivity contribution in [3.63, 3.8) is 0 Å². The van der Waals surface area contributed by atoms with E-state index in [1.807, 2.05) is 30.3 Å². The molecule has 3 aromatic carbocycles. The van der Waals surface area contributed by atoms with Crippen molar-refractivity contribution in [1.29, 1.82) is 0 Å². The van der Waals surface area contributed by atoms with E-state index in [4.69, 9.17) is 18.9 Å². The average Bonchev–Trinajstić information content (AvgIpc) is 3.82. The van der Waals surface area contributed by atoms with Crippen LogP contribution in [-0.2, 0) is 25.4 Å². The number of anilines is 1. The Balaban J connectivity index is 0.996. The van der Waals surface area contributed by atoms with Gasteiger partial charge in [-0.1, -0.05) is 60.4 Å². The Morgan fingerprint density at radius 2 is 1.85 bits per heavy atom. The number of esters is 1. The van der Waals surface area contributed by atoms with Crippen LogP contribution in [0.25, 0.3) is 0 Å². The third-order valence-corrected chi connectivity index (χ3v) is 8.37. The first-order valence-corrected chi connectivity index (χ1v) is 15.3. The number of amides is 2. The molecule has 0 spiro atoms. The molecule has 3 aliphatic heterocycles. The van der Waals surface area contributed by atoms with Crippen LogP contribution in [0.2, 0.25) is 0 Å². The van der Waals surface area contributed by atoms with Crippen LogP contribution >= 0.6 is 0 Å². The Bertz CT molecular complexity index is 1910. The number of hydrogen-bond acceptors (Lipinski definition) is 10. The molecule has 0 radical (unpaired) electrons. The summed E-state index contributed by atoms with van der Waals surface area (Å²) in [6, 6.07) is 22.3. The van der Waals surface area contributed by atoms with Gasteiger partial charge >= 0.3 is 5.97 Å². The van der Waals surface area contributed by atoms with Crippen LogP contribution in [0.1, 0.15) is 37.9 Å². The second-order valence-electron chi connectivity index (χ2n) is 11.7. The number of likely N-dealkylation sites (N-methyl/N-ethyl adjacent to an activating group) is 1. The van der Waals surface area contributed by atoms with E-state index in [2.05, 4.69) is 32.3 Å². The highest BCUT2D eigenvalue weighted by Crippen LogP contribution is 2.36. The first kappa shape index (κ1) is 31.1. The van der Waals surface area contributed by atoms with Gasteiger partial charge in [0.2, 0.25) is 5.82 Å². The normalized spacial score (nSPS) is 24.4. The summed E-state index contributed by atoms with van der Waals surface area (Å²) in [7, 11) is 1.57. The Hall–Kier alpha value is -5.55. The molecular weight excluding hydrogens is 618 g/mol. The Kier molecular flexibility index (Phi) is 8.36. The molecule has 3 aliphatic rings. The molecule has 4 heterocycles. The summed E-state index contributed by atoms with van der Waals surface area (Å²) in [6.07, 6.45) is -1.73. The second kappa shape index (κ2) is 12.9. The predicted octanol–water partition coefficient (Wildman–Crippen LogP) is 1.66. The van der Waals surface area contributed by atoms with Crippen molar-refractivity contribution in [3.8, 4) is 17.6 Å². The number of aromatic nitrogens is 3. The molecule has 0 bridgehead atoms. The highest BCUT2D eigenvalue weighted by molar-refractivity contribution is 6.02. The molecule has 4 aromatic rings. The number of carbonyl (C=O) groups excluding carboxylic acids is 3. The minimum Gasteiger partial charge on any atom is -0.489 e. The van der Waals surface area contributed by atoms with Crippen LogP contribution in [0.4, 0.5) is 5.69 Å². The van der Waals surface area contributed by atoms with E-state index in [1.165, 1.54) is 4.90 Å². The maximum absolute atomic E-state index is 13.4. The second-order valence-corrected chi connectivity index (χ2v) is 11.7. The molecule has 2 saturated heterocycles. The lowest BCUT2D eigenvalue weighted by atomic mass is 9.96. The van der Waals surface area contributed by atoms with E-state index in [1.54, 1.807) is 55.6 Å². The fraction of sp³-hybridized carbons (Fsp3) is 0.286. The molecule has 1 unspecified atom stereocenters. The molecule has 13 nitrogen and oxygen atoms in total. The number of H-pyrrole nitrogens is 1. The highest BCUT2D eigenvalue weighted by atomic mass is 16.6. The fourth-order valence-electron chi connectivity index (χ4n) is 5.83. The van der Waals surface area contributed by atoms with Gasteiger partial charge in [0.15, 0.2) is 11.7 Å². The summed E-state index contributed by atoms with van der Waals surface area (Å²) in [6.45, 7) is -0.188. The SMILES string of the molecule is CN1C(=O)C(NC(=O)c2n[nH]c(Cc3ccccc3)n2)COc2ccc(C#C[C@@]3(O)CO[C@@H]4[C@@H](OC(=O)c5ccccc5)CO[C@@H]43)cc21. The van der Waals surface area contributed by atoms with E-state index >= 15 is 0 Å². The van der Waals surface area contributed by atoms with E-state index < -0.39 is 47.7 Å². The molecule has 48 heavy (non-hydrogen) atoms. The van der Waals surface area contributed by atoms with Gasteiger partial charge in [0.25, 0.3) is 11.8 Å². The van der Waals surface area contributed by atoms with Crippen LogP contribution in [0.15, 0.2) is 78.9 Å². The predicted molar refractivity (Wildman–Crippen MR) is 169 cm³/mol. The first-order chi connectivity index (χ1) is 23.3. The Morgan fingerprint density at radius 1 is 1.08 bits per heavy atom. The lowest BCUT2D eigenvalue weighted by molar-refractivity contribution is -0.120. The number of aliphatic hydroxyl groups is 1. The van der Waals surface area contributed by atoms with Gasteiger partial charge in [0.05, 0.1) is 24.5 Å². The molecule has 0 saturated carbocycles. The molecule has 7 rings (SSSR count). The summed E-state index contributed by atoms with van der Waals surface area (Å²) >= 11 is 0. The molecule has 13 heteroatoms. The topological polar surface area (TPSA) is 165 Å². The maximum atomic E-state index is 13.4.